The van der Waals surface area contributed by atoms with E-state index in [1.165, 1.54) is 0 Å². The Morgan fingerprint density at radius 1 is 1.33 bits per heavy atom. The van der Waals surface area contributed by atoms with Crippen molar-refractivity contribution >= 4 is 10.9 Å². The second-order valence-electron chi connectivity index (χ2n) is 3.59. The molecule has 80 valence electrons. The van der Waals surface area contributed by atoms with Crippen molar-refractivity contribution in [2.24, 2.45) is 0 Å². The van der Waals surface area contributed by atoms with E-state index in [1.54, 1.807) is 24.4 Å². The summed E-state index contributed by atoms with van der Waals surface area (Å²) in [7, 11) is 0. The lowest BCUT2D eigenvalue weighted by atomic mass is 10.2. The molecule has 0 fully saturated rings. The van der Waals surface area contributed by atoms with Crippen LogP contribution in [0.3, 0.4) is 0 Å². The predicted octanol–water partition coefficient (Wildman–Crippen LogP) is 3.20. The number of aromatic amines is 1. The van der Waals surface area contributed by atoms with Gasteiger partial charge in [-0.3, -0.25) is 0 Å². The Labute approximate surface area is 85.9 Å². The van der Waals surface area contributed by atoms with Gasteiger partial charge in [-0.25, -0.2) is 8.78 Å². The highest BCUT2D eigenvalue weighted by Gasteiger charge is 2.21. The highest BCUT2D eigenvalue weighted by atomic mass is 19.3. The highest BCUT2D eigenvalue weighted by Crippen LogP contribution is 2.21. The van der Waals surface area contributed by atoms with Crippen LogP contribution in [-0.4, -0.2) is 17.5 Å². The van der Waals surface area contributed by atoms with Crippen molar-refractivity contribution in [1.82, 2.24) is 4.98 Å². The summed E-state index contributed by atoms with van der Waals surface area (Å²) < 4.78 is 30.0. The van der Waals surface area contributed by atoms with E-state index in [-0.39, 0.29) is 0 Å². The predicted molar refractivity (Wildman–Crippen MR) is 54.4 cm³/mol. The fraction of sp³-hybridized carbons (Fsp3) is 0.273. The van der Waals surface area contributed by atoms with Gasteiger partial charge in [-0.2, -0.15) is 0 Å². The lowest BCUT2D eigenvalue weighted by Gasteiger charge is -2.11. The van der Waals surface area contributed by atoms with Crippen LogP contribution in [0.4, 0.5) is 8.78 Å². The molecule has 2 aromatic rings. The molecule has 0 aliphatic carbocycles. The maximum atomic E-state index is 12.5. The molecule has 2 nitrogen and oxygen atoms in total. The Bertz CT molecular complexity index is 459. The van der Waals surface area contributed by atoms with Crippen LogP contribution in [0.2, 0.25) is 0 Å². The second-order valence-corrected chi connectivity index (χ2v) is 3.59. The summed E-state index contributed by atoms with van der Waals surface area (Å²) in [4.78, 5) is 3.02. The minimum atomic E-state index is -2.80. The van der Waals surface area contributed by atoms with Crippen molar-refractivity contribution < 1.29 is 13.5 Å². The minimum absolute atomic E-state index is 0.462. The number of rotatable bonds is 3. The molecular formula is C11H11F2NO. The topological polar surface area (TPSA) is 25.0 Å². The zero-order valence-corrected chi connectivity index (χ0v) is 8.26. The zero-order valence-electron chi connectivity index (χ0n) is 8.26. The number of nitrogens with one attached hydrogen (secondary N) is 1. The molecule has 0 spiro atoms. The molecule has 1 aromatic heterocycles. The Morgan fingerprint density at radius 2 is 2.13 bits per heavy atom. The summed E-state index contributed by atoms with van der Waals surface area (Å²) >= 11 is 0. The third-order valence-electron chi connectivity index (χ3n) is 2.02. The van der Waals surface area contributed by atoms with Gasteiger partial charge in [0.2, 0.25) is 0 Å². The van der Waals surface area contributed by atoms with Crippen LogP contribution in [-0.2, 0) is 0 Å². The van der Waals surface area contributed by atoms with Gasteiger partial charge in [-0.15, -0.1) is 0 Å². The van der Waals surface area contributed by atoms with Crippen LogP contribution < -0.4 is 4.74 Å². The van der Waals surface area contributed by atoms with E-state index in [1.807, 2.05) is 6.07 Å². The first kappa shape index (κ1) is 9.96. The molecule has 1 aromatic carbocycles. The molecule has 0 saturated heterocycles. The standard InChI is InChI=1S/C11H11F2NO/c1-11(12,13)7-15-9-2-3-10-8(6-9)4-5-14-10/h2-6,14H,7H2,1H3. The highest BCUT2D eigenvalue weighted by molar-refractivity contribution is 5.80. The first-order valence-electron chi connectivity index (χ1n) is 4.62. The molecule has 0 atom stereocenters. The normalized spacial score (nSPS) is 11.9. The second kappa shape index (κ2) is 3.53. The maximum absolute atomic E-state index is 12.5. The van der Waals surface area contributed by atoms with E-state index >= 15 is 0 Å². The number of ether oxygens (including phenoxy) is 1. The lowest BCUT2D eigenvalue weighted by molar-refractivity contribution is -0.0229. The molecule has 0 bridgehead atoms. The molecule has 2 rings (SSSR count). The maximum Gasteiger partial charge on any atom is 0.278 e. The van der Waals surface area contributed by atoms with Crippen LogP contribution in [0.15, 0.2) is 30.5 Å². The van der Waals surface area contributed by atoms with Crippen molar-refractivity contribution in [3.63, 3.8) is 0 Å². The van der Waals surface area contributed by atoms with Gasteiger partial charge in [0.05, 0.1) is 0 Å². The summed E-state index contributed by atoms with van der Waals surface area (Å²) in [5.74, 6) is -2.34. The molecule has 0 unspecified atom stereocenters. The van der Waals surface area contributed by atoms with Crippen LogP contribution in [0.1, 0.15) is 6.92 Å². The van der Waals surface area contributed by atoms with Crippen molar-refractivity contribution in [1.29, 1.82) is 0 Å². The number of hydrogen-bond acceptors (Lipinski definition) is 1. The number of benzene rings is 1. The molecule has 15 heavy (non-hydrogen) atoms. The van der Waals surface area contributed by atoms with E-state index in [2.05, 4.69) is 4.98 Å². The van der Waals surface area contributed by atoms with Gasteiger partial charge < -0.3 is 9.72 Å². The van der Waals surface area contributed by atoms with E-state index < -0.39 is 12.5 Å². The molecule has 0 radical (unpaired) electrons. The van der Waals surface area contributed by atoms with Crippen LogP contribution in [0, 0.1) is 0 Å². The van der Waals surface area contributed by atoms with Gasteiger partial charge in [0.1, 0.15) is 5.75 Å². The number of H-pyrrole nitrogens is 1. The van der Waals surface area contributed by atoms with Gasteiger partial charge in [0.15, 0.2) is 6.61 Å². The van der Waals surface area contributed by atoms with E-state index in [0.717, 1.165) is 17.8 Å². The van der Waals surface area contributed by atoms with Crippen LogP contribution >= 0.6 is 0 Å². The summed E-state index contributed by atoms with van der Waals surface area (Å²) in [6, 6.07) is 7.08. The quantitative estimate of drug-likeness (QED) is 0.828. The largest absolute Gasteiger partial charge is 0.487 e. The van der Waals surface area contributed by atoms with Gasteiger partial charge in [-0.05, 0) is 24.3 Å². The molecule has 0 saturated carbocycles. The number of halogens is 2. The number of fused-ring (bicyclic) bond motifs is 1. The minimum Gasteiger partial charge on any atom is -0.487 e. The van der Waals surface area contributed by atoms with Crippen molar-refractivity contribution in [3.05, 3.63) is 30.5 Å². The van der Waals surface area contributed by atoms with Crippen LogP contribution in [0.25, 0.3) is 10.9 Å². The fourth-order valence-corrected chi connectivity index (χ4v) is 1.33. The molecule has 4 heteroatoms. The number of alkyl halides is 2. The van der Waals surface area contributed by atoms with Gasteiger partial charge >= 0.3 is 0 Å². The molecule has 1 heterocycles. The third kappa shape index (κ3) is 2.46. The fourth-order valence-electron chi connectivity index (χ4n) is 1.33. The van der Waals surface area contributed by atoms with Gasteiger partial charge in [0.25, 0.3) is 5.92 Å². The third-order valence-corrected chi connectivity index (χ3v) is 2.02. The molecule has 0 aliphatic rings. The van der Waals surface area contributed by atoms with Crippen molar-refractivity contribution in [2.45, 2.75) is 12.8 Å². The molecule has 0 amide bonds. The summed E-state index contributed by atoms with van der Waals surface area (Å²) in [5.41, 5.74) is 0.964. The smallest absolute Gasteiger partial charge is 0.278 e. The van der Waals surface area contributed by atoms with Gasteiger partial charge in [-0.1, -0.05) is 0 Å². The summed E-state index contributed by atoms with van der Waals surface area (Å²) in [6.07, 6.45) is 1.79. The summed E-state index contributed by atoms with van der Waals surface area (Å²) in [5, 5.41) is 0.951. The monoisotopic (exact) mass is 211 g/mol. The van der Waals surface area contributed by atoms with E-state index in [9.17, 15) is 8.78 Å². The Kier molecular flexibility index (Phi) is 2.34. The summed E-state index contributed by atoms with van der Waals surface area (Å²) in [6.45, 7) is 0.241. The number of aromatic nitrogens is 1. The Balaban J connectivity index is 2.15. The molecular weight excluding hydrogens is 200 g/mol. The average molecular weight is 211 g/mol. The average Bonchev–Trinajstić information content (AvgIpc) is 2.60. The van der Waals surface area contributed by atoms with E-state index in [0.29, 0.717) is 5.75 Å². The van der Waals surface area contributed by atoms with Crippen molar-refractivity contribution in [3.8, 4) is 5.75 Å². The Hall–Kier alpha value is -1.58. The van der Waals surface area contributed by atoms with Crippen molar-refractivity contribution in [2.75, 3.05) is 6.61 Å². The van der Waals surface area contributed by atoms with Gasteiger partial charge in [0, 0.05) is 24.0 Å². The molecule has 0 aliphatic heterocycles. The first-order chi connectivity index (χ1) is 7.04. The van der Waals surface area contributed by atoms with E-state index in [4.69, 9.17) is 4.74 Å². The lowest BCUT2D eigenvalue weighted by Crippen LogP contribution is -2.20. The Morgan fingerprint density at radius 3 is 2.87 bits per heavy atom. The molecule has 1 N–H and O–H groups in total. The number of hydrogen-bond donors (Lipinski definition) is 1. The SMILES string of the molecule is CC(F)(F)COc1ccc2[nH]ccc2c1. The van der Waals surface area contributed by atoms with Crippen LogP contribution in [0.5, 0.6) is 5.75 Å². The zero-order chi connectivity index (χ0) is 10.9. The first-order valence-corrected chi connectivity index (χ1v) is 4.62.